The van der Waals surface area contributed by atoms with E-state index in [9.17, 15) is 4.79 Å². The van der Waals surface area contributed by atoms with Gasteiger partial charge in [0, 0.05) is 18.0 Å². The standard InChI is InChI=1S/C17H22N2O2/c1-13(19-9-5-2-6-10-19)12-18-17(20)16-11-14-7-3-4-8-15(14)21-16/h3-4,7-8,11,13H,2,5-6,9-10,12H2,1H3,(H,18,20). The molecular weight excluding hydrogens is 264 g/mol. The number of para-hydroxylation sites is 1. The van der Waals surface area contributed by atoms with Crippen LogP contribution in [-0.4, -0.2) is 36.5 Å². The highest BCUT2D eigenvalue weighted by atomic mass is 16.3. The van der Waals surface area contributed by atoms with Crippen LogP contribution in [0.1, 0.15) is 36.7 Å². The minimum atomic E-state index is -0.130. The molecule has 112 valence electrons. The van der Waals surface area contributed by atoms with E-state index in [1.807, 2.05) is 24.3 Å². The predicted octanol–water partition coefficient (Wildman–Crippen LogP) is 3.04. The molecule has 1 aliphatic heterocycles. The van der Waals surface area contributed by atoms with Crippen molar-refractivity contribution in [3.05, 3.63) is 36.1 Å². The van der Waals surface area contributed by atoms with E-state index in [1.54, 1.807) is 6.07 Å². The highest BCUT2D eigenvalue weighted by molar-refractivity contribution is 5.96. The molecule has 0 saturated carbocycles. The first kappa shape index (κ1) is 14.1. The highest BCUT2D eigenvalue weighted by Crippen LogP contribution is 2.18. The quantitative estimate of drug-likeness (QED) is 0.939. The molecule has 1 unspecified atom stereocenters. The summed E-state index contributed by atoms with van der Waals surface area (Å²) in [5.74, 6) is 0.261. The zero-order valence-electron chi connectivity index (χ0n) is 12.5. The van der Waals surface area contributed by atoms with E-state index in [2.05, 4.69) is 17.1 Å². The Labute approximate surface area is 125 Å². The first-order chi connectivity index (χ1) is 10.2. The molecule has 2 heterocycles. The van der Waals surface area contributed by atoms with E-state index < -0.39 is 0 Å². The van der Waals surface area contributed by atoms with Crippen molar-refractivity contribution in [2.75, 3.05) is 19.6 Å². The van der Waals surface area contributed by atoms with Crippen molar-refractivity contribution in [3.8, 4) is 0 Å². The van der Waals surface area contributed by atoms with Crippen LogP contribution in [0.3, 0.4) is 0 Å². The minimum absolute atomic E-state index is 0.130. The predicted molar refractivity (Wildman–Crippen MR) is 83.4 cm³/mol. The van der Waals surface area contributed by atoms with Crippen LogP contribution in [-0.2, 0) is 0 Å². The lowest BCUT2D eigenvalue weighted by atomic mass is 10.1. The molecule has 1 N–H and O–H groups in total. The van der Waals surface area contributed by atoms with Crippen LogP contribution in [0, 0.1) is 0 Å². The van der Waals surface area contributed by atoms with Gasteiger partial charge in [0.1, 0.15) is 5.58 Å². The van der Waals surface area contributed by atoms with E-state index in [4.69, 9.17) is 4.42 Å². The molecule has 4 heteroatoms. The largest absolute Gasteiger partial charge is 0.451 e. The second kappa shape index (κ2) is 6.31. The van der Waals surface area contributed by atoms with Gasteiger partial charge in [-0.1, -0.05) is 24.6 Å². The summed E-state index contributed by atoms with van der Waals surface area (Å²) in [5, 5.41) is 3.95. The third kappa shape index (κ3) is 3.27. The van der Waals surface area contributed by atoms with Gasteiger partial charge in [-0.15, -0.1) is 0 Å². The summed E-state index contributed by atoms with van der Waals surface area (Å²) in [6.45, 7) is 5.11. The van der Waals surface area contributed by atoms with Gasteiger partial charge in [-0.25, -0.2) is 0 Å². The van der Waals surface area contributed by atoms with Crippen LogP contribution < -0.4 is 5.32 Å². The zero-order chi connectivity index (χ0) is 14.7. The molecule has 0 aliphatic carbocycles. The van der Waals surface area contributed by atoms with E-state index in [-0.39, 0.29) is 5.91 Å². The number of amides is 1. The number of hydrogen-bond acceptors (Lipinski definition) is 3. The van der Waals surface area contributed by atoms with Gasteiger partial charge in [0.05, 0.1) is 0 Å². The van der Waals surface area contributed by atoms with Crippen molar-refractivity contribution in [1.29, 1.82) is 0 Å². The molecule has 4 nitrogen and oxygen atoms in total. The number of likely N-dealkylation sites (tertiary alicyclic amines) is 1. The summed E-state index contributed by atoms with van der Waals surface area (Å²) in [4.78, 5) is 14.6. The van der Waals surface area contributed by atoms with Crippen molar-refractivity contribution in [3.63, 3.8) is 0 Å². The van der Waals surface area contributed by atoms with Crippen LogP contribution in [0.25, 0.3) is 11.0 Å². The maximum atomic E-state index is 12.2. The lowest BCUT2D eigenvalue weighted by Crippen LogP contribution is -2.44. The molecule has 1 aliphatic rings. The van der Waals surface area contributed by atoms with Gasteiger partial charge in [-0.2, -0.15) is 0 Å². The van der Waals surface area contributed by atoms with Crippen molar-refractivity contribution in [2.45, 2.75) is 32.2 Å². The number of piperidine rings is 1. The lowest BCUT2D eigenvalue weighted by molar-refractivity contribution is 0.0904. The number of nitrogens with one attached hydrogen (secondary N) is 1. The fourth-order valence-corrected chi connectivity index (χ4v) is 2.91. The summed E-state index contributed by atoms with van der Waals surface area (Å²) >= 11 is 0. The molecule has 0 spiro atoms. The first-order valence-electron chi connectivity index (χ1n) is 7.75. The minimum Gasteiger partial charge on any atom is -0.451 e. The van der Waals surface area contributed by atoms with Gasteiger partial charge in [0.25, 0.3) is 5.91 Å². The Morgan fingerprint density at radius 1 is 1.29 bits per heavy atom. The van der Waals surface area contributed by atoms with E-state index in [0.29, 0.717) is 18.3 Å². The number of carbonyl (C=O) groups excluding carboxylic acids is 1. The van der Waals surface area contributed by atoms with Crippen molar-refractivity contribution in [1.82, 2.24) is 10.2 Å². The first-order valence-corrected chi connectivity index (χ1v) is 7.75. The van der Waals surface area contributed by atoms with Crippen molar-refractivity contribution >= 4 is 16.9 Å². The van der Waals surface area contributed by atoms with E-state index in [1.165, 1.54) is 19.3 Å². The second-order valence-electron chi connectivity index (χ2n) is 5.80. The molecule has 3 rings (SSSR count). The molecule has 1 amide bonds. The maximum absolute atomic E-state index is 12.2. The molecule has 0 bridgehead atoms. The molecule has 2 aromatic rings. The highest BCUT2D eigenvalue weighted by Gasteiger charge is 2.18. The average molecular weight is 286 g/mol. The number of carbonyl (C=O) groups is 1. The number of fused-ring (bicyclic) bond motifs is 1. The molecule has 21 heavy (non-hydrogen) atoms. The van der Waals surface area contributed by atoms with Gasteiger partial charge in [-0.3, -0.25) is 9.69 Å². The Kier molecular flexibility index (Phi) is 4.25. The van der Waals surface area contributed by atoms with Crippen molar-refractivity contribution in [2.24, 2.45) is 0 Å². The Hall–Kier alpha value is -1.81. The molecule has 1 atom stereocenters. The zero-order valence-corrected chi connectivity index (χ0v) is 12.5. The van der Waals surface area contributed by atoms with Crippen LogP contribution in [0.15, 0.2) is 34.7 Å². The number of benzene rings is 1. The third-order valence-electron chi connectivity index (χ3n) is 4.22. The van der Waals surface area contributed by atoms with E-state index in [0.717, 1.165) is 24.1 Å². The van der Waals surface area contributed by atoms with Gasteiger partial charge < -0.3 is 9.73 Å². The topological polar surface area (TPSA) is 45.5 Å². The third-order valence-corrected chi connectivity index (χ3v) is 4.22. The van der Waals surface area contributed by atoms with Crippen molar-refractivity contribution < 1.29 is 9.21 Å². The fourth-order valence-electron chi connectivity index (χ4n) is 2.91. The molecule has 1 fully saturated rings. The summed E-state index contributed by atoms with van der Waals surface area (Å²) < 4.78 is 5.58. The Morgan fingerprint density at radius 2 is 2.05 bits per heavy atom. The molecule has 1 aromatic carbocycles. The molecular formula is C17H22N2O2. The summed E-state index contributed by atoms with van der Waals surface area (Å²) in [7, 11) is 0. The number of hydrogen-bond donors (Lipinski definition) is 1. The Morgan fingerprint density at radius 3 is 2.81 bits per heavy atom. The molecule has 1 aromatic heterocycles. The Balaban J connectivity index is 1.58. The van der Waals surface area contributed by atoms with Crippen LogP contribution in [0.2, 0.25) is 0 Å². The maximum Gasteiger partial charge on any atom is 0.287 e. The monoisotopic (exact) mass is 286 g/mol. The lowest BCUT2D eigenvalue weighted by Gasteiger charge is -2.32. The van der Waals surface area contributed by atoms with Crippen LogP contribution >= 0.6 is 0 Å². The number of rotatable bonds is 4. The average Bonchev–Trinajstić information content (AvgIpc) is 2.97. The SMILES string of the molecule is CC(CNC(=O)c1cc2ccccc2o1)N1CCCCC1. The molecule has 0 radical (unpaired) electrons. The van der Waals surface area contributed by atoms with Crippen LogP contribution in [0.4, 0.5) is 0 Å². The normalized spacial score (nSPS) is 17.8. The van der Waals surface area contributed by atoms with Gasteiger partial charge in [0.2, 0.25) is 0 Å². The smallest absolute Gasteiger partial charge is 0.287 e. The van der Waals surface area contributed by atoms with Gasteiger partial charge in [0.15, 0.2) is 5.76 Å². The van der Waals surface area contributed by atoms with E-state index >= 15 is 0 Å². The van der Waals surface area contributed by atoms with Gasteiger partial charge in [-0.05, 0) is 45.0 Å². The Bertz CT molecular complexity index is 581. The summed E-state index contributed by atoms with van der Waals surface area (Å²) in [6, 6.07) is 9.85. The summed E-state index contributed by atoms with van der Waals surface area (Å²) in [5.41, 5.74) is 0.756. The number of nitrogens with zero attached hydrogens (tertiary/aromatic N) is 1. The summed E-state index contributed by atoms with van der Waals surface area (Å²) in [6.07, 6.45) is 3.86. The van der Waals surface area contributed by atoms with Gasteiger partial charge >= 0.3 is 0 Å². The van der Waals surface area contributed by atoms with Crippen LogP contribution in [0.5, 0.6) is 0 Å². The second-order valence-corrected chi connectivity index (χ2v) is 5.80. The number of furan rings is 1. The molecule has 1 saturated heterocycles. The fraction of sp³-hybridized carbons (Fsp3) is 0.471.